The maximum absolute atomic E-state index is 13.9. The van der Waals surface area contributed by atoms with Crippen molar-refractivity contribution in [2.75, 3.05) is 11.9 Å². The minimum Gasteiger partial charge on any atom is -0.461 e. The van der Waals surface area contributed by atoms with E-state index >= 15 is 0 Å². The standard InChI is InChI=1S/C74H119N3O8Si3/c1-50(2)86(51(3)4,52(5)6)83-65(40-35-59-29-25-24-26-30-59)41-42-67-66(69(84-87(53(7)8,54(9)10)55(11)12)46-70(67)85-88(56(13)14,57(15)16)58(17)18)31-27-22-23-28-32-71(78)81-49-60-33-36-61(37-34-60)68(48-76-73(80)82-74(19,20)21)72(79)77-64-39-38-63-47-75-44-43-62(63)45-64/h22,24-27,29-30,33-34,36-39,43-45,47,50-58,65-70H,23,28,31-32,35,40-42,46,48-49H2,1-21H3,(H,76,80)(H,77,79)/b27-22-/t65-,66+,67+,68?,69-,70+/m0/s1. The molecule has 5 rings (SSSR count). The quantitative estimate of drug-likeness (QED) is 0.0203. The number of nitrogens with zero attached hydrogens (tertiary/aromatic N) is 1. The molecule has 1 aliphatic carbocycles. The molecule has 4 aromatic rings. The van der Waals surface area contributed by atoms with Crippen molar-refractivity contribution in [3.8, 4) is 0 Å². The van der Waals surface area contributed by atoms with Gasteiger partial charge in [-0.05, 0) is 174 Å². The van der Waals surface area contributed by atoms with E-state index in [1.807, 2.05) is 48.5 Å². The molecule has 1 aromatic heterocycles. The van der Waals surface area contributed by atoms with Crippen LogP contribution in [-0.4, -0.2) is 78.4 Å². The number of benzene rings is 3. The number of aryl methyl sites for hydroxylation is 1. The van der Waals surface area contributed by atoms with Crippen molar-refractivity contribution >= 4 is 59.4 Å². The number of allylic oxidation sites excluding steroid dienone is 2. The van der Waals surface area contributed by atoms with Gasteiger partial charge in [-0.1, -0.05) is 197 Å². The van der Waals surface area contributed by atoms with Gasteiger partial charge in [-0.25, -0.2) is 4.79 Å². The molecule has 3 aromatic carbocycles. The number of aromatic nitrogens is 1. The molecule has 0 bridgehead atoms. The molecule has 0 radical (unpaired) electrons. The minimum absolute atomic E-state index is 0.0158. The number of alkyl carbamates (subject to hydrolysis) is 1. The first-order valence-corrected chi connectivity index (χ1v) is 40.4. The molecule has 1 heterocycles. The van der Waals surface area contributed by atoms with E-state index in [2.05, 4.69) is 183 Å². The summed E-state index contributed by atoms with van der Waals surface area (Å²) in [5.41, 5.74) is 7.05. The fourth-order valence-corrected chi connectivity index (χ4v) is 32.7. The largest absolute Gasteiger partial charge is 0.461 e. The Kier molecular flexibility index (Phi) is 28.5. The number of amides is 2. The molecule has 490 valence electrons. The number of anilines is 1. The minimum atomic E-state index is -2.31. The summed E-state index contributed by atoms with van der Waals surface area (Å²) in [6, 6.07) is 26.0. The van der Waals surface area contributed by atoms with Crippen LogP contribution in [0.4, 0.5) is 10.5 Å². The molecule has 1 unspecified atom stereocenters. The highest BCUT2D eigenvalue weighted by molar-refractivity contribution is 6.78. The summed E-state index contributed by atoms with van der Waals surface area (Å²) in [5, 5.41) is 7.74. The Hall–Kier alpha value is -4.45. The molecule has 14 heteroatoms. The summed E-state index contributed by atoms with van der Waals surface area (Å²) in [5.74, 6) is -0.706. The second-order valence-electron chi connectivity index (χ2n) is 29.5. The highest BCUT2D eigenvalue weighted by atomic mass is 28.4. The zero-order valence-electron chi connectivity index (χ0n) is 58.5. The lowest BCUT2D eigenvalue weighted by atomic mass is 9.85. The first-order chi connectivity index (χ1) is 41.4. The van der Waals surface area contributed by atoms with Crippen LogP contribution in [0, 0.1) is 11.8 Å². The molecule has 1 saturated carbocycles. The van der Waals surface area contributed by atoms with Gasteiger partial charge >= 0.3 is 12.1 Å². The Morgan fingerprint density at radius 2 is 1.18 bits per heavy atom. The number of carbonyl (C=O) groups is 3. The van der Waals surface area contributed by atoms with E-state index in [9.17, 15) is 14.4 Å². The second-order valence-corrected chi connectivity index (χ2v) is 45.8. The van der Waals surface area contributed by atoms with Gasteiger partial charge < -0.3 is 33.4 Å². The van der Waals surface area contributed by atoms with Crippen LogP contribution in [0.2, 0.25) is 49.9 Å². The number of esters is 1. The average molecular weight is 1260 g/mol. The lowest BCUT2D eigenvalue weighted by Gasteiger charge is -2.46. The summed E-state index contributed by atoms with van der Waals surface area (Å²) >= 11 is 0. The summed E-state index contributed by atoms with van der Waals surface area (Å²) in [7, 11) is -6.84. The van der Waals surface area contributed by atoms with E-state index in [1.165, 1.54) is 5.56 Å². The highest BCUT2D eigenvalue weighted by Crippen LogP contribution is 2.53. The van der Waals surface area contributed by atoms with Crippen molar-refractivity contribution in [3.63, 3.8) is 0 Å². The van der Waals surface area contributed by atoms with Gasteiger partial charge in [0.25, 0.3) is 0 Å². The monoisotopic (exact) mass is 1260 g/mol. The number of pyridine rings is 1. The second kappa shape index (κ2) is 33.7. The van der Waals surface area contributed by atoms with Crippen LogP contribution in [0.5, 0.6) is 0 Å². The van der Waals surface area contributed by atoms with Gasteiger partial charge in [0.1, 0.15) is 12.2 Å². The molecule has 1 fully saturated rings. The smallest absolute Gasteiger partial charge is 0.407 e. The molecule has 2 N–H and O–H groups in total. The average Bonchev–Trinajstić information content (AvgIpc) is 3.88. The molecule has 6 atom stereocenters. The van der Waals surface area contributed by atoms with Crippen LogP contribution in [0.1, 0.15) is 219 Å². The first-order valence-electron chi connectivity index (χ1n) is 34.0. The fourth-order valence-electron chi connectivity index (χ4n) is 15.8. The molecule has 11 nitrogen and oxygen atoms in total. The van der Waals surface area contributed by atoms with E-state index in [-0.39, 0.29) is 49.3 Å². The van der Waals surface area contributed by atoms with Crippen LogP contribution in [-0.2, 0) is 45.4 Å². The van der Waals surface area contributed by atoms with Gasteiger partial charge in [-0.3, -0.25) is 14.6 Å². The number of fused-ring (bicyclic) bond motifs is 1. The van der Waals surface area contributed by atoms with Crippen LogP contribution >= 0.6 is 0 Å². The zero-order chi connectivity index (χ0) is 65.3. The third-order valence-corrected chi connectivity index (χ3v) is 38.2. The summed E-state index contributed by atoms with van der Waals surface area (Å²) < 4.78 is 35.3. The zero-order valence-corrected chi connectivity index (χ0v) is 61.5. The topological polar surface area (TPSA) is 134 Å². The van der Waals surface area contributed by atoms with Crippen LogP contribution < -0.4 is 10.6 Å². The van der Waals surface area contributed by atoms with E-state index in [1.54, 1.807) is 33.2 Å². The molecule has 0 spiro atoms. The van der Waals surface area contributed by atoms with Crippen LogP contribution in [0.25, 0.3) is 10.8 Å². The van der Waals surface area contributed by atoms with Gasteiger partial charge in [0.2, 0.25) is 30.9 Å². The van der Waals surface area contributed by atoms with Crippen LogP contribution in [0.15, 0.2) is 103 Å². The number of hydrogen-bond acceptors (Lipinski definition) is 9. The van der Waals surface area contributed by atoms with Gasteiger partial charge in [0.15, 0.2) is 0 Å². The van der Waals surface area contributed by atoms with Gasteiger partial charge in [-0.15, -0.1) is 0 Å². The number of unbranched alkanes of at least 4 members (excludes halogenated alkanes) is 1. The Bertz CT molecular complexity index is 2730. The summed E-state index contributed by atoms with van der Waals surface area (Å²) in [4.78, 5) is 44.3. The number of nitrogens with one attached hydrogen (secondary N) is 2. The van der Waals surface area contributed by atoms with Crippen molar-refractivity contribution in [1.29, 1.82) is 0 Å². The van der Waals surface area contributed by atoms with Crippen molar-refractivity contribution < 1.29 is 37.1 Å². The predicted molar refractivity (Wildman–Crippen MR) is 375 cm³/mol. The Balaban J connectivity index is 1.37. The third kappa shape index (κ3) is 19.5. The van der Waals surface area contributed by atoms with Crippen LogP contribution in [0.3, 0.4) is 0 Å². The van der Waals surface area contributed by atoms with E-state index in [4.69, 9.17) is 22.8 Å². The lowest BCUT2D eigenvalue weighted by molar-refractivity contribution is -0.145. The SMILES string of the molecule is CC(C)[Si](O[C@@H](CCc1ccccc1)CC[C@@H]1[C@@H](C/C=C\CCCC(=O)OCc2ccc(C(CNC(=O)OC(C)(C)C)C(=O)Nc3ccc4cnccc4c3)cc2)[C@@H](O[Si](C(C)C)(C(C)C)C(C)C)C[C@H]1O[Si](C(C)C)(C(C)C)C(C)C)(C(C)C)C(C)C. The molecular formula is C74H119N3O8Si3. The molecule has 0 saturated heterocycles. The number of carbonyl (C=O) groups excluding carboxylic acids is 3. The number of hydrogen-bond donors (Lipinski definition) is 2. The van der Waals surface area contributed by atoms with E-state index < -0.39 is 42.6 Å². The Labute approximate surface area is 537 Å². The lowest BCUT2D eigenvalue weighted by Crippen LogP contribution is -2.51. The fraction of sp³-hybridized carbons (Fsp3) is 0.649. The molecule has 0 aliphatic heterocycles. The van der Waals surface area contributed by atoms with Gasteiger partial charge in [0.05, 0.1) is 18.1 Å². The van der Waals surface area contributed by atoms with Crippen molar-refractivity contribution in [1.82, 2.24) is 10.3 Å². The Morgan fingerprint density at radius 3 is 1.73 bits per heavy atom. The predicted octanol–water partition coefficient (Wildman–Crippen LogP) is 20.4. The van der Waals surface area contributed by atoms with E-state index in [0.717, 1.165) is 61.3 Å². The normalized spacial score (nSPS) is 17.9. The molecule has 88 heavy (non-hydrogen) atoms. The molecule has 1 aliphatic rings. The number of ether oxygens (including phenoxy) is 2. The molecular weight excluding hydrogens is 1140 g/mol. The maximum Gasteiger partial charge on any atom is 0.407 e. The van der Waals surface area contributed by atoms with Gasteiger partial charge in [-0.2, -0.15) is 0 Å². The van der Waals surface area contributed by atoms with E-state index in [0.29, 0.717) is 79.9 Å². The Morgan fingerprint density at radius 1 is 0.625 bits per heavy atom. The first kappa shape index (κ1) is 74.3. The van der Waals surface area contributed by atoms with Crippen molar-refractivity contribution in [2.45, 2.75) is 289 Å². The maximum atomic E-state index is 13.9. The van der Waals surface area contributed by atoms with Gasteiger partial charge in [0, 0.05) is 42.5 Å². The third-order valence-electron chi connectivity index (χ3n) is 19.8. The van der Waals surface area contributed by atoms with Crippen molar-refractivity contribution in [3.05, 3.63) is 120 Å². The highest BCUT2D eigenvalue weighted by Gasteiger charge is 2.55. The molecule has 2 amide bonds. The summed E-state index contributed by atoms with van der Waals surface area (Å²) in [6.07, 6.45) is 15.5. The number of rotatable bonds is 34. The van der Waals surface area contributed by atoms with Crippen molar-refractivity contribution in [2.24, 2.45) is 11.8 Å². The summed E-state index contributed by atoms with van der Waals surface area (Å²) in [6.45, 7) is 49.1.